The molecule has 5 aromatic carbocycles. The van der Waals surface area contributed by atoms with Gasteiger partial charge in [0.15, 0.2) is 5.58 Å². The number of carbonyl (C=O) groups is 4. The second-order valence-electron chi connectivity index (χ2n) is 15.2. The van der Waals surface area contributed by atoms with E-state index in [2.05, 4.69) is 10.4 Å². The Morgan fingerprint density at radius 3 is 2.21 bits per heavy atom. The maximum atomic E-state index is 15.3. The van der Waals surface area contributed by atoms with Crippen molar-refractivity contribution in [3.8, 4) is 17.2 Å². The van der Waals surface area contributed by atoms with Crippen LogP contribution in [0.4, 0.5) is 11.4 Å². The summed E-state index contributed by atoms with van der Waals surface area (Å²) in [6.07, 6.45) is 2.52. The van der Waals surface area contributed by atoms with Gasteiger partial charge in [0.05, 0.1) is 34.5 Å². The van der Waals surface area contributed by atoms with E-state index in [0.29, 0.717) is 40.4 Å². The Kier molecular flexibility index (Phi) is 7.61. The van der Waals surface area contributed by atoms with Crippen LogP contribution in [0.3, 0.4) is 0 Å². The molecule has 10 heteroatoms. The van der Waals surface area contributed by atoms with Crippen molar-refractivity contribution in [1.29, 1.82) is 0 Å². The van der Waals surface area contributed by atoms with Crippen LogP contribution in [0, 0.1) is 30.6 Å². The molecule has 4 aliphatic rings. The number of aryl methyl sites for hydroxylation is 1. The van der Waals surface area contributed by atoms with Gasteiger partial charge in [0.1, 0.15) is 11.3 Å². The number of nitrogens with one attached hydrogen (secondary N) is 1. The highest BCUT2D eigenvalue weighted by Gasteiger charge is 2.70. The van der Waals surface area contributed by atoms with Crippen molar-refractivity contribution in [1.82, 2.24) is 9.99 Å². The third-order valence-corrected chi connectivity index (χ3v) is 12.3. The van der Waals surface area contributed by atoms with E-state index in [-0.39, 0.29) is 24.0 Å². The predicted molar refractivity (Wildman–Crippen MR) is 209 cm³/mol. The highest BCUT2D eigenvalue weighted by Crippen LogP contribution is 2.64. The number of phenols is 1. The number of fused-ring (bicyclic) bond motifs is 5. The number of aromatic nitrogens is 1. The first-order valence-electron chi connectivity index (χ1n) is 18.8. The number of amides is 4. The second-order valence-corrected chi connectivity index (χ2v) is 15.2. The topological polar surface area (TPSA) is 133 Å². The Morgan fingerprint density at radius 2 is 1.48 bits per heavy atom. The van der Waals surface area contributed by atoms with Gasteiger partial charge >= 0.3 is 0 Å². The fourth-order valence-electron chi connectivity index (χ4n) is 9.79. The molecule has 1 aromatic heterocycles. The summed E-state index contributed by atoms with van der Waals surface area (Å²) in [5, 5.41) is 11.5. The van der Waals surface area contributed by atoms with Crippen LogP contribution in [-0.4, -0.2) is 38.7 Å². The number of hydrogen-bond donors (Lipinski definition) is 2. The molecule has 56 heavy (non-hydrogen) atoms. The summed E-state index contributed by atoms with van der Waals surface area (Å²) in [7, 11) is 0. The standard InChI is InChI=1S/C46H36N4O6/c1-26-11-17-30(18-12-26)48-50-43(53)36-25-35-33(40(27-15-21-32(51)22-16-27)46(36,45(50)55)29-7-3-2-4-8-29)23-24-34-39(35)44(54)49(42(34)52)31-19-13-28(14-20-31)41-47-37-9-5-6-10-38(37)56-41/h2-23,34-36,39-40,48,51H,24-25H2,1H3/t34-,35+,36-,39-,40-,46+/m0/s1. The summed E-state index contributed by atoms with van der Waals surface area (Å²) in [6.45, 7) is 1.96. The lowest BCUT2D eigenvalue weighted by molar-refractivity contribution is -0.138. The van der Waals surface area contributed by atoms with Crippen molar-refractivity contribution in [2.45, 2.75) is 31.1 Å². The van der Waals surface area contributed by atoms with Gasteiger partial charge in [-0.05, 0) is 97.5 Å². The Bertz CT molecular complexity index is 2570. The van der Waals surface area contributed by atoms with Gasteiger partial charge in [-0.25, -0.2) is 4.98 Å². The van der Waals surface area contributed by atoms with Gasteiger partial charge in [0, 0.05) is 11.5 Å². The fourth-order valence-corrected chi connectivity index (χ4v) is 9.79. The number of rotatable bonds is 6. The molecule has 10 rings (SSSR count). The number of aromatic hydroxyl groups is 1. The molecule has 0 bridgehead atoms. The molecule has 6 aromatic rings. The summed E-state index contributed by atoms with van der Waals surface area (Å²) < 4.78 is 5.95. The molecular formula is C46H36N4O6. The van der Waals surface area contributed by atoms with Gasteiger partial charge in [-0.15, -0.1) is 0 Å². The first-order chi connectivity index (χ1) is 27.2. The number of hydrogen-bond acceptors (Lipinski definition) is 8. The monoisotopic (exact) mass is 740 g/mol. The Labute approximate surface area is 322 Å². The molecule has 4 amide bonds. The lowest BCUT2D eigenvalue weighted by Crippen LogP contribution is -2.53. The van der Waals surface area contributed by atoms with Crippen molar-refractivity contribution in [3.63, 3.8) is 0 Å². The van der Waals surface area contributed by atoms with Crippen LogP contribution in [-0.2, 0) is 24.6 Å². The molecule has 6 atom stereocenters. The molecule has 276 valence electrons. The summed E-state index contributed by atoms with van der Waals surface area (Å²) in [4.78, 5) is 65.0. The summed E-state index contributed by atoms with van der Waals surface area (Å²) in [5.74, 6) is -4.34. The van der Waals surface area contributed by atoms with Gasteiger partial charge in [-0.3, -0.25) is 29.5 Å². The molecule has 0 spiro atoms. The number of allylic oxidation sites excluding steroid dienone is 2. The first kappa shape index (κ1) is 33.7. The van der Waals surface area contributed by atoms with Gasteiger partial charge in [-0.2, -0.15) is 5.01 Å². The summed E-state index contributed by atoms with van der Waals surface area (Å²) >= 11 is 0. The maximum Gasteiger partial charge on any atom is 0.260 e. The molecule has 3 fully saturated rings. The van der Waals surface area contributed by atoms with Crippen LogP contribution in [0.1, 0.15) is 35.4 Å². The summed E-state index contributed by atoms with van der Waals surface area (Å²) in [5.41, 5.74) is 8.18. The maximum absolute atomic E-state index is 15.3. The number of nitrogens with zero attached hydrogens (tertiary/aromatic N) is 3. The lowest BCUT2D eigenvalue weighted by Gasteiger charge is -2.50. The molecule has 2 aliphatic carbocycles. The van der Waals surface area contributed by atoms with Crippen molar-refractivity contribution in [2.75, 3.05) is 10.3 Å². The lowest BCUT2D eigenvalue weighted by atomic mass is 9.49. The molecular weight excluding hydrogens is 705 g/mol. The van der Waals surface area contributed by atoms with E-state index in [1.807, 2.05) is 91.9 Å². The summed E-state index contributed by atoms with van der Waals surface area (Å²) in [6, 6.07) is 38.2. The molecule has 10 nitrogen and oxygen atoms in total. The number of carbonyl (C=O) groups excluding carboxylic acids is 4. The van der Waals surface area contributed by atoms with Crippen molar-refractivity contribution in [3.05, 3.63) is 156 Å². The molecule has 1 saturated carbocycles. The second kappa shape index (κ2) is 12.6. The normalized spacial score (nSPS) is 25.6. The van der Waals surface area contributed by atoms with Crippen molar-refractivity contribution < 1.29 is 28.7 Å². The third-order valence-electron chi connectivity index (χ3n) is 12.3. The van der Waals surface area contributed by atoms with E-state index in [4.69, 9.17) is 4.42 Å². The first-order valence-corrected chi connectivity index (χ1v) is 18.8. The van der Waals surface area contributed by atoms with E-state index < -0.39 is 46.8 Å². The van der Waals surface area contributed by atoms with Crippen molar-refractivity contribution >= 4 is 46.1 Å². The highest BCUT2D eigenvalue weighted by atomic mass is 16.3. The molecule has 0 unspecified atom stereocenters. The van der Waals surface area contributed by atoms with Gasteiger partial charge in [0.25, 0.3) is 11.8 Å². The van der Waals surface area contributed by atoms with E-state index in [1.165, 1.54) is 4.90 Å². The average molecular weight is 741 g/mol. The number of para-hydroxylation sites is 2. The van der Waals surface area contributed by atoms with Crippen LogP contribution >= 0.6 is 0 Å². The van der Waals surface area contributed by atoms with Crippen molar-refractivity contribution in [2.24, 2.45) is 23.7 Å². The molecule has 0 radical (unpaired) electrons. The van der Waals surface area contributed by atoms with Gasteiger partial charge in [0.2, 0.25) is 17.7 Å². The smallest absolute Gasteiger partial charge is 0.260 e. The number of hydrazine groups is 1. The van der Waals surface area contributed by atoms with Crippen LogP contribution in [0.25, 0.3) is 22.6 Å². The molecule has 2 N–H and O–H groups in total. The number of benzene rings is 5. The minimum Gasteiger partial charge on any atom is -0.508 e. The Hall–Kier alpha value is -6.81. The van der Waals surface area contributed by atoms with Gasteiger partial charge in [-0.1, -0.05) is 83.9 Å². The van der Waals surface area contributed by atoms with E-state index in [9.17, 15) is 19.5 Å². The zero-order valence-electron chi connectivity index (χ0n) is 30.3. The average Bonchev–Trinajstić information content (AvgIpc) is 3.84. The van der Waals surface area contributed by atoms with Crippen LogP contribution < -0.4 is 10.3 Å². The van der Waals surface area contributed by atoms with Crippen LogP contribution in [0.5, 0.6) is 5.75 Å². The largest absolute Gasteiger partial charge is 0.508 e. The zero-order chi connectivity index (χ0) is 38.3. The van der Waals surface area contributed by atoms with Gasteiger partial charge < -0.3 is 9.52 Å². The highest BCUT2D eigenvalue weighted by molar-refractivity contribution is 6.22. The zero-order valence-corrected chi connectivity index (χ0v) is 30.3. The Morgan fingerprint density at radius 1 is 0.768 bits per heavy atom. The quantitative estimate of drug-likeness (QED) is 0.131. The van der Waals surface area contributed by atoms with Crippen LogP contribution in [0.2, 0.25) is 0 Å². The number of imide groups is 2. The number of oxazole rings is 1. The minimum atomic E-state index is -1.38. The Balaban J connectivity index is 1.06. The SMILES string of the molecule is Cc1ccc(NN2C(=O)[C@@H]3C[C@@H]4C(=CC[C@@H]5C(=O)N(c6ccc(-c7nc8ccccc8o7)cc6)C(=O)[C@@H]54)[C@H](c4ccc(O)cc4)[C@]3(c3ccccc3)C2=O)cc1. The number of phenolic OH excluding ortho intramolecular Hbond substituents is 1. The van der Waals surface area contributed by atoms with E-state index >= 15 is 4.79 Å². The predicted octanol–water partition coefficient (Wildman–Crippen LogP) is 7.70. The minimum absolute atomic E-state index is 0.0647. The molecule has 3 heterocycles. The van der Waals surface area contributed by atoms with E-state index in [0.717, 1.165) is 27.2 Å². The number of anilines is 2. The molecule has 2 saturated heterocycles. The molecule has 2 aliphatic heterocycles. The third kappa shape index (κ3) is 4.91. The van der Waals surface area contributed by atoms with Crippen LogP contribution in [0.15, 0.2) is 143 Å². The van der Waals surface area contributed by atoms with E-state index in [1.54, 1.807) is 48.5 Å². The fraction of sp³-hybridized carbons (Fsp3) is 0.196.